The number of amidine groups is 1. The van der Waals surface area contributed by atoms with Crippen LogP contribution in [0.3, 0.4) is 0 Å². The van der Waals surface area contributed by atoms with Crippen molar-refractivity contribution >= 4 is 16.7 Å². The SMILES string of the molecule is NN=NC(=[NH2+])c1ccc2c(ccn2Cc2ccc(C(F)(F)F)cc2)c1. The van der Waals surface area contributed by atoms with E-state index in [1.807, 2.05) is 29.0 Å². The predicted molar refractivity (Wildman–Crippen MR) is 87.6 cm³/mol. The second kappa shape index (κ2) is 6.39. The molecule has 128 valence electrons. The lowest BCUT2D eigenvalue weighted by atomic mass is 10.1. The molecule has 3 aromatic rings. The Morgan fingerprint density at radius 1 is 1.08 bits per heavy atom. The number of hydrogen-bond donors (Lipinski definition) is 2. The molecule has 0 atom stereocenters. The minimum absolute atomic E-state index is 0.208. The van der Waals surface area contributed by atoms with Gasteiger partial charge in [0, 0.05) is 28.9 Å². The van der Waals surface area contributed by atoms with E-state index in [1.54, 1.807) is 6.07 Å². The molecule has 2 aromatic carbocycles. The van der Waals surface area contributed by atoms with Crippen LogP contribution in [0.15, 0.2) is 65.1 Å². The van der Waals surface area contributed by atoms with Gasteiger partial charge in [-0.3, -0.25) is 11.3 Å². The highest BCUT2D eigenvalue weighted by atomic mass is 19.4. The zero-order chi connectivity index (χ0) is 18.0. The van der Waals surface area contributed by atoms with Gasteiger partial charge in [0.1, 0.15) is 0 Å². The summed E-state index contributed by atoms with van der Waals surface area (Å²) in [5.74, 6) is 5.20. The van der Waals surface area contributed by atoms with E-state index >= 15 is 0 Å². The molecule has 4 N–H and O–H groups in total. The Morgan fingerprint density at radius 3 is 2.44 bits per heavy atom. The molecule has 0 fully saturated rings. The van der Waals surface area contributed by atoms with Gasteiger partial charge in [-0.15, -0.1) is 0 Å². The van der Waals surface area contributed by atoms with Crippen molar-refractivity contribution in [2.75, 3.05) is 0 Å². The highest BCUT2D eigenvalue weighted by Crippen LogP contribution is 2.29. The molecule has 0 aliphatic carbocycles. The fourth-order valence-electron chi connectivity index (χ4n) is 2.61. The molecular formula is C17H15F3N5+. The molecule has 0 aliphatic rings. The van der Waals surface area contributed by atoms with Gasteiger partial charge in [-0.1, -0.05) is 12.1 Å². The number of nitrogens with two attached hydrogens (primary N) is 2. The lowest BCUT2D eigenvalue weighted by Crippen LogP contribution is -2.38. The van der Waals surface area contributed by atoms with Crippen molar-refractivity contribution in [3.8, 4) is 0 Å². The summed E-state index contributed by atoms with van der Waals surface area (Å²) < 4.78 is 39.8. The molecule has 0 aliphatic heterocycles. The van der Waals surface area contributed by atoms with E-state index in [4.69, 9.17) is 11.3 Å². The van der Waals surface area contributed by atoms with Gasteiger partial charge in [-0.2, -0.15) is 13.2 Å². The smallest absolute Gasteiger partial charge is 0.343 e. The normalized spacial score (nSPS) is 12.1. The highest BCUT2D eigenvalue weighted by Gasteiger charge is 2.29. The molecule has 25 heavy (non-hydrogen) atoms. The Bertz CT molecular complexity index is 939. The number of hydrogen-bond acceptors (Lipinski definition) is 1. The first-order valence-electron chi connectivity index (χ1n) is 7.37. The summed E-state index contributed by atoms with van der Waals surface area (Å²) in [6, 6.07) is 12.5. The molecule has 0 radical (unpaired) electrons. The average Bonchev–Trinajstić information content (AvgIpc) is 2.97. The van der Waals surface area contributed by atoms with E-state index in [0.717, 1.165) is 28.6 Å². The van der Waals surface area contributed by atoms with Crippen molar-refractivity contribution in [2.45, 2.75) is 12.7 Å². The molecule has 1 aromatic heterocycles. The monoisotopic (exact) mass is 346 g/mol. The third-order valence-corrected chi connectivity index (χ3v) is 3.87. The van der Waals surface area contributed by atoms with Gasteiger partial charge in [-0.25, -0.2) is 0 Å². The summed E-state index contributed by atoms with van der Waals surface area (Å²) in [5, 5.41) is 13.4. The van der Waals surface area contributed by atoms with Crippen molar-refractivity contribution in [1.82, 2.24) is 4.57 Å². The van der Waals surface area contributed by atoms with Crippen LogP contribution in [-0.2, 0) is 12.7 Å². The van der Waals surface area contributed by atoms with Crippen molar-refractivity contribution in [1.29, 1.82) is 0 Å². The first kappa shape index (κ1) is 16.7. The average molecular weight is 346 g/mol. The molecule has 0 saturated carbocycles. The van der Waals surface area contributed by atoms with Gasteiger partial charge >= 0.3 is 12.0 Å². The van der Waals surface area contributed by atoms with Crippen LogP contribution in [0.2, 0.25) is 0 Å². The number of fused-ring (bicyclic) bond motifs is 1. The standard InChI is InChI=1S/C17H14F3N5/c18-17(19,20)14-4-1-11(2-5-14)10-25-8-7-12-9-13(3-6-15(12)25)16(21)23-24-22/h1-9H,10H2,(H3,21,22,23)/p+1. The maximum absolute atomic E-state index is 12.6. The van der Waals surface area contributed by atoms with Gasteiger partial charge in [0.05, 0.1) is 16.2 Å². The zero-order valence-corrected chi connectivity index (χ0v) is 13.0. The summed E-state index contributed by atoms with van der Waals surface area (Å²) in [7, 11) is 0. The lowest BCUT2D eigenvalue weighted by Gasteiger charge is -2.09. The van der Waals surface area contributed by atoms with Crippen LogP contribution in [0.25, 0.3) is 10.9 Å². The van der Waals surface area contributed by atoms with E-state index in [0.29, 0.717) is 12.1 Å². The van der Waals surface area contributed by atoms with Crippen molar-refractivity contribution in [3.05, 3.63) is 71.4 Å². The largest absolute Gasteiger partial charge is 0.416 e. The molecule has 1 heterocycles. The molecule has 0 amide bonds. The maximum Gasteiger partial charge on any atom is 0.416 e. The minimum atomic E-state index is -4.33. The minimum Gasteiger partial charge on any atom is -0.343 e. The summed E-state index contributed by atoms with van der Waals surface area (Å²) in [6.07, 6.45) is -2.46. The van der Waals surface area contributed by atoms with Crippen LogP contribution in [0.1, 0.15) is 16.7 Å². The third kappa shape index (κ3) is 3.52. The molecule has 8 heteroatoms. The Balaban J connectivity index is 1.86. The number of benzene rings is 2. The topological polar surface area (TPSA) is 81.3 Å². The second-order valence-corrected chi connectivity index (χ2v) is 5.51. The van der Waals surface area contributed by atoms with E-state index in [-0.39, 0.29) is 5.84 Å². The molecule has 0 unspecified atom stereocenters. The fourth-order valence-corrected chi connectivity index (χ4v) is 2.61. The first-order chi connectivity index (χ1) is 11.9. The van der Waals surface area contributed by atoms with Crippen molar-refractivity contribution in [2.24, 2.45) is 16.2 Å². The molecular weight excluding hydrogens is 331 g/mol. The van der Waals surface area contributed by atoms with Gasteiger partial charge in [0.2, 0.25) is 0 Å². The first-order valence-corrected chi connectivity index (χ1v) is 7.37. The summed E-state index contributed by atoms with van der Waals surface area (Å²) in [5.41, 5.74) is 1.74. The number of rotatable bonds is 3. The quantitative estimate of drug-likeness (QED) is 0.247. The van der Waals surface area contributed by atoms with E-state index in [1.165, 1.54) is 12.1 Å². The van der Waals surface area contributed by atoms with Gasteiger partial charge in [0.25, 0.3) is 0 Å². The highest BCUT2D eigenvalue weighted by molar-refractivity contribution is 5.98. The maximum atomic E-state index is 12.6. The van der Waals surface area contributed by atoms with Gasteiger partial charge in [0.15, 0.2) is 0 Å². The Kier molecular flexibility index (Phi) is 4.26. The molecule has 0 spiro atoms. The second-order valence-electron chi connectivity index (χ2n) is 5.51. The molecule has 0 bridgehead atoms. The van der Waals surface area contributed by atoms with Crippen LogP contribution in [-0.4, -0.2) is 10.4 Å². The number of alkyl halides is 3. The molecule has 3 rings (SSSR count). The zero-order valence-electron chi connectivity index (χ0n) is 13.0. The number of nitrogens with zero attached hydrogens (tertiary/aromatic N) is 3. The molecule has 0 saturated heterocycles. The third-order valence-electron chi connectivity index (χ3n) is 3.87. The van der Waals surface area contributed by atoms with Crippen LogP contribution < -0.4 is 11.3 Å². The Hall–Kier alpha value is -3.16. The Labute approximate surface area is 141 Å². The van der Waals surface area contributed by atoms with Crippen LogP contribution in [0.4, 0.5) is 13.2 Å². The van der Waals surface area contributed by atoms with Crippen molar-refractivity contribution in [3.63, 3.8) is 0 Å². The van der Waals surface area contributed by atoms with E-state index < -0.39 is 11.7 Å². The van der Waals surface area contributed by atoms with Gasteiger partial charge < -0.3 is 4.57 Å². The van der Waals surface area contributed by atoms with Crippen LogP contribution in [0.5, 0.6) is 0 Å². The predicted octanol–water partition coefficient (Wildman–Crippen LogP) is 2.54. The lowest BCUT2D eigenvalue weighted by molar-refractivity contribution is -0.137. The van der Waals surface area contributed by atoms with E-state index in [9.17, 15) is 13.2 Å². The number of halogens is 3. The summed E-state index contributed by atoms with van der Waals surface area (Å²) >= 11 is 0. The summed E-state index contributed by atoms with van der Waals surface area (Å²) in [6.45, 7) is 0.461. The summed E-state index contributed by atoms with van der Waals surface area (Å²) in [4.78, 5) is 0. The molecule has 5 nitrogen and oxygen atoms in total. The number of aromatic nitrogens is 1. The van der Waals surface area contributed by atoms with Crippen LogP contribution in [0, 0.1) is 0 Å². The van der Waals surface area contributed by atoms with Gasteiger partial charge in [-0.05, 0) is 42.0 Å². The Morgan fingerprint density at radius 2 is 1.80 bits per heavy atom. The van der Waals surface area contributed by atoms with Crippen molar-refractivity contribution < 1.29 is 18.6 Å². The van der Waals surface area contributed by atoms with E-state index in [2.05, 4.69) is 10.3 Å². The van der Waals surface area contributed by atoms with Crippen LogP contribution >= 0.6 is 0 Å². The fraction of sp³-hybridized carbons (Fsp3) is 0.118.